The van der Waals surface area contributed by atoms with Gasteiger partial charge in [-0.25, -0.2) is 9.78 Å². The number of carboxylic acid groups (broad SMARTS) is 1. The lowest BCUT2D eigenvalue weighted by Crippen LogP contribution is -2.39. The molecule has 0 aliphatic heterocycles. The van der Waals surface area contributed by atoms with Gasteiger partial charge < -0.3 is 10.0 Å². The van der Waals surface area contributed by atoms with Gasteiger partial charge in [-0.1, -0.05) is 0 Å². The number of carboxylic acids is 1. The first-order chi connectivity index (χ1) is 9.49. The highest BCUT2D eigenvalue weighted by molar-refractivity contribution is 7.21. The second-order valence-electron chi connectivity index (χ2n) is 4.40. The Kier molecular flexibility index (Phi) is 2.98. The standard InChI is InChI=1S/C12H11N3O3S2/c1-6(11(17)18)14(2)10(16)8-5-7-9(20-8)13-12-15(7)3-4-19-12/h3-6H,1-2H3,(H,17,18). The molecule has 3 rings (SSSR count). The molecule has 0 aliphatic rings. The molecule has 1 amide bonds. The number of amides is 1. The van der Waals surface area contributed by atoms with Gasteiger partial charge in [0.25, 0.3) is 5.91 Å². The average molecular weight is 309 g/mol. The maximum absolute atomic E-state index is 12.3. The van der Waals surface area contributed by atoms with E-state index < -0.39 is 12.0 Å². The highest BCUT2D eigenvalue weighted by Gasteiger charge is 2.25. The summed E-state index contributed by atoms with van der Waals surface area (Å²) in [4.78, 5) is 31.0. The minimum absolute atomic E-state index is 0.299. The summed E-state index contributed by atoms with van der Waals surface area (Å²) in [5, 5.41) is 10.9. The second-order valence-corrected chi connectivity index (χ2v) is 6.30. The van der Waals surface area contributed by atoms with Gasteiger partial charge >= 0.3 is 5.97 Å². The van der Waals surface area contributed by atoms with E-state index in [-0.39, 0.29) is 5.91 Å². The number of aliphatic carboxylic acids is 1. The fraction of sp³-hybridized carbons (Fsp3) is 0.250. The van der Waals surface area contributed by atoms with E-state index in [1.165, 1.54) is 41.5 Å². The maximum Gasteiger partial charge on any atom is 0.326 e. The zero-order chi connectivity index (χ0) is 14.4. The smallest absolute Gasteiger partial charge is 0.326 e. The monoisotopic (exact) mass is 309 g/mol. The number of carbonyl (C=O) groups is 2. The van der Waals surface area contributed by atoms with Gasteiger partial charge in [-0.3, -0.25) is 9.20 Å². The van der Waals surface area contributed by atoms with Gasteiger partial charge in [0, 0.05) is 18.6 Å². The van der Waals surface area contributed by atoms with Crippen LogP contribution in [0.15, 0.2) is 17.6 Å². The minimum atomic E-state index is -1.02. The molecule has 0 bridgehead atoms. The topological polar surface area (TPSA) is 74.9 Å². The lowest BCUT2D eigenvalue weighted by Gasteiger charge is -2.20. The van der Waals surface area contributed by atoms with Crippen LogP contribution in [-0.2, 0) is 4.79 Å². The molecular formula is C12H11N3O3S2. The molecule has 0 spiro atoms. The van der Waals surface area contributed by atoms with Crippen LogP contribution in [0.25, 0.3) is 15.3 Å². The summed E-state index contributed by atoms with van der Waals surface area (Å²) in [5.41, 5.74) is 0.881. The molecule has 0 fully saturated rings. The van der Waals surface area contributed by atoms with Crippen LogP contribution in [-0.4, -0.2) is 44.4 Å². The van der Waals surface area contributed by atoms with E-state index >= 15 is 0 Å². The Hall–Kier alpha value is -1.93. The van der Waals surface area contributed by atoms with E-state index in [0.29, 0.717) is 4.88 Å². The fourth-order valence-corrected chi connectivity index (χ4v) is 3.65. The molecule has 3 heterocycles. The largest absolute Gasteiger partial charge is 0.480 e. The lowest BCUT2D eigenvalue weighted by molar-refractivity contribution is -0.141. The highest BCUT2D eigenvalue weighted by Crippen LogP contribution is 2.29. The summed E-state index contributed by atoms with van der Waals surface area (Å²) in [6.45, 7) is 1.48. The quantitative estimate of drug-likeness (QED) is 0.804. The fourth-order valence-electron chi connectivity index (χ4n) is 1.87. The number of thiazole rings is 1. The van der Waals surface area contributed by atoms with Crippen molar-refractivity contribution in [1.82, 2.24) is 14.3 Å². The Morgan fingerprint density at radius 1 is 1.50 bits per heavy atom. The van der Waals surface area contributed by atoms with Crippen molar-refractivity contribution in [3.8, 4) is 0 Å². The normalized spacial score (nSPS) is 12.9. The molecule has 3 aromatic heterocycles. The summed E-state index contributed by atoms with van der Waals surface area (Å²) in [7, 11) is 1.49. The van der Waals surface area contributed by atoms with Crippen molar-refractivity contribution in [2.75, 3.05) is 7.05 Å². The molecular weight excluding hydrogens is 298 g/mol. The van der Waals surface area contributed by atoms with E-state index in [0.717, 1.165) is 15.3 Å². The van der Waals surface area contributed by atoms with Crippen LogP contribution in [0.3, 0.4) is 0 Å². The molecule has 0 saturated carbocycles. The zero-order valence-corrected chi connectivity index (χ0v) is 12.4. The second kappa shape index (κ2) is 4.57. The Morgan fingerprint density at radius 2 is 2.25 bits per heavy atom. The van der Waals surface area contributed by atoms with E-state index in [1.54, 1.807) is 6.07 Å². The number of hydrogen-bond donors (Lipinski definition) is 1. The summed E-state index contributed by atoms with van der Waals surface area (Å²) < 4.78 is 1.92. The number of hydrogen-bond acceptors (Lipinski definition) is 5. The minimum Gasteiger partial charge on any atom is -0.480 e. The van der Waals surface area contributed by atoms with Gasteiger partial charge in [0.15, 0.2) is 4.96 Å². The van der Waals surface area contributed by atoms with Crippen molar-refractivity contribution < 1.29 is 14.7 Å². The van der Waals surface area contributed by atoms with Crippen LogP contribution in [0.5, 0.6) is 0 Å². The van der Waals surface area contributed by atoms with Crippen molar-refractivity contribution in [3.05, 3.63) is 22.5 Å². The predicted octanol–water partition coefficient (Wildman–Crippen LogP) is 2.16. The van der Waals surface area contributed by atoms with Gasteiger partial charge in [-0.2, -0.15) is 0 Å². The summed E-state index contributed by atoms with van der Waals surface area (Å²) >= 11 is 2.82. The van der Waals surface area contributed by atoms with E-state index in [2.05, 4.69) is 4.98 Å². The molecule has 6 nitrogen and oxygen atoms in total. The number of imidazole rings is 1. The van der Waals surface area contributed by atoms with Gasteiger partial charge in [-0.15, -0.1) is 22.7 Å². The van der Waals surface area contributed by atoms with Gasteiger partial charge in [-0.05, 0) is 13.0 Å². The molecule has 1 atom stereocenters. The van der Waals surface area contributed by atoms with Crippen molar-refractivity contribution in [1.29, 1.82) is 0 Å². The third kappa shape index (κ3) is 1.88. The Labute approximate surface area is 121 Å². The molecule has 1 unspecified atom stereocenters. The Morgan fingerprint density at radius 3 is 2.95 bits per heavy atom. The first kappa shape index (κ1) is 13.1. The van der Waals surface area contributed by atoms with Crippen LogP contribution < -0.4 is 0 Å². The SMILES string of the molecule is CC(C(=O)O)N(C)C(=O)c1cc2c(nc3sccn32)s1. The van der Waals surface area contributed by atoms with Gasteiger partial charge in [0.05, 0.1) is 10.4 Å². The van der Waals surface area contributed by atoms with Crippen molar-refractivity contribution in [2.45, 2.75) is 13.0 Å². The van der Waals surface area contributed by atoms with Crippen LogP contribution in [0, 0.1) is 0 Å². The molecule has 3 aromatic rings. The number of likely N-dealkylation sites (N-methyl/N-ethyl adjacent to an activating group) is 1. The molecule has 0 radical (unpaired) electrons. The molecule has 104 valence electrons. The van der Waals surface area contributed by atoms with Crippen LogP contribution in [0.4, 0.5) is 0 Å². The van der Waals surface area contributed by atoms with Crippen molar-refractivity contribution >= 4 is 49.9 Å². The predicted molar refractivity (Wildman–Crippen MR) is 77.6 cm³/mol. The zero-order valence-electron chi connectivity index (χ0n) is 10.7. The van der Waals surface area contributed by atoms with Crippen LogP contribution >= 0.6 is 22.7 Å². The van der Waals surface area contributed by atoms with E-state index in [9.17, 15) is 9.59 Å². The Bertz CT molecular complexity index is 816. The first-order valence-corrected chi connectivity index (χ1v) is 7.53. The summed E-state index contributed by atoms with van der Waals surface area (Å²) in [6.07, 6.45) is 1.90. The number of carbonyl (C=O) groups excluding carboxylic acids is 1. The van der Waals surface area contributed by atoms with E-state index in [4.69, 9.17) is 5.11 Å². The molecule has 20 heavy (non-hydrogen) atoms. The van der Waals surface area contributed by atoms with Crippen LogP contribution in [0.1, 0.15) is 16.6 Å². The highest BCUT2D eigenvalue weighted by atomic mass is 32.1. The molecule has 0 saturated heterocycles. The lowest BCUT2D eigenvalue weighted by atomic mass is 10.3. The summed E-state index contributed by atoms with van der Waals surface area (Å²) in [5.74, 6) is -1.32. The van der Waals surface area contributed by atoms with E-state index in [1.807, 2.05) is 16.0 Å². The average Bonchev–Trinajstić information content (AvgIpc) is 3.06. The van der Waals surface area contributed by atoms with Crippen molar-refractivity contribution in [3.63, 3.8) is 0 Å². The number of aromatic nitrogens is 2. The Balaban J connectivity index is 1.99. The summed E-state index contributed by atoms with van der Waals surface area (Å²) in [6, 6.07) is 0.904. The van der Waals surface area contributed by atoms with Gasteiger partial charge in [0.1, 0.15) is 10.9 Å². The number of nitrogens with zero attached hydrogens (tertiary/aromatic N) is 3. The van der Waals surface area contributed by atoms with Crippen molar-refractivity contribution in [2.24, 2.45) is 0 Å². The number of thiophene rings is 1. The number of rotatable bonds is 3. The first-order valence-electron chi connectivity index (χ1n) is 5.84. The van der Waals surface area contributed by atoms with Crippen LogP contribution in [0.2, 0.25) is 0 Å². The molecule has 0 aromatic carbocycles. The maximum atomic E-state index is 12.3. The molecule has 1 N–H and O–H groups in total. The molecule has 0 aliphatic carbocycles. The third-order valence-electron chi connectivity index (χ3n) is 3.21. The molecule has 8 heteroatoms. The number of fused-ring (bicyclic) bond motifs is 3. The third-order valence-corrected chi connectivity index (χ3v) is 4.97. The van der Waals surface area contributed by atoms with Gasteiger partial charge in [0.2, 0.25) is 0 Å².